The van der Waals surface area contributed by atoms with E-state index in [9.17, 15) is 5.26 Å². The largest absolute Gasteiger partial charge is 0.497 e. The van der Waals surface area contributed by atoms with Crippen molar-refractivity contribution in [2.75, 3.05) is 13.7 Å². The summed E-state index contributed by atoms with van der Waals surface area (Å²) in [6.07, 6.45) is 6.58. The maximum absolute atomic E-state index is 9.20. The van der Waals surface area contributed by atoms with Gasteiger partial charge >= 0.3 is 0 Å². The van der Waals surface area contributed by atoms with Crippen LogP contribution in [-0.2, 0) is 4.74 Å². The predicted octanol–water partition coefficient (Wildman–Crippen LogP) is 3.25. The van der Waals surface area contributed by atoms with E-state index in [0.717, 1.165) is 25.9 Å². The number of benzene rings is 1. The minimum Gasteiger partial charge on any atom is -0.497 e. The molecule has 1 saturated heterocycles. The summed E-state index contributed by atoms with van der Waals surface area (Å²) in [5.74, 6) is 1.68. The normalized spacial score (nSPS) is 17.7. The van der Waals surface area contributed by atoms with E-state index in [-0.39, 0.29) is 6.23 Å². The van der Waals surface area contributed by atoms with Crippen LogP contribution in [-0.4, -0.2) is 23.5 Å². The monoisotopic (exact) mass is 299 g/mol. The summed E-state index contributed by atoms with van der Waals surface area (Å²) < 4.78 is 18.3. The fourth-order valence-corrected chi connectivity index (χ4v) is 2.40. The van der Waals surface area contributed by atoms with Crippen molar-refractivity contribution in [2.45, 2.75) is 25.5 Å². The second-order valence-corrected chi connectivity index (χ2v) is 5.05. The summed E-state index contributed by atoms with van der Waals surface area (Å²) in [4.78, 5) is 0. The Morgan fingerprint density at radius 1 is 1.36 bits per heavy atom. The van der Waals surface area contributed by atoms with Crippen molar-refractivity contribution in [1.29, 1.82) is 5.26 Å². The molecule has 22 heavy (non-hydrogen) atoms. The molecular weight excluding hydrogens is 282 g/mol. The average Bonchev–Trinajstić information content (AvgIpc) is 3.04. The third kappa shape index (κ3) is 3.05. The minimum absolute atomic E-state index is 0.0302. The SMILES string of the molecule is COc1ccc(Oc2cnn(C3CCCCO3)c2)c(C#N)c1. The van der Waals surface area contributed by atoms with Gasteiger partial charge in [0.05, 0.1) is 25.1 Å². The molecule has 6 heteroatoms. The van der Waals surface area contributed by atoms with E-state index in [1.54, 1.807) is 42.4 Å². The summed E-state index contributed by atoms with van der Waals surface area (Å²) in [5.41, 5.74) is 0.418. The number of ether oxygens (including phenoxy) is 3. The van der Waals surface area contributed by atoms with Gasteiger partial charge in [0.2, 0.25) is 0 Å². The summed E-state index contributed by atoms with van der Waals surface area (Å²) in [6.45, 7) is 0.762. The smallest absolute Gasteiger partial charge is 0.165 e. The Balaban J connectivity index is 1.76. The van der Waals surface area contributed by atoms with Crippen LogP contribution in [0.3, 0.4) is 0 Å². The lowest BCUT2D eigenvalue weighted by atomic mass is 10.2. The van der Waals surface area contributed by atoms with Crippen molar-refractivity contribution in [3.05, 3.63) is 36.2 Å². The zero-order valence-corrected chi connectivity index (χ0v) is 12.4. The Hall–Kier alpha value is -2.52. The maximum Gasteiger partial charge on any atom is 0.165 e. The predicted molar refractivity (Wildman–Crippen MR) is 78.9 cm³/mol. The first kappa shape index (κ1) is 14.4. The fraction of sp³-hybridized carbons (Fsp3) is 0.375. The van der Waals surface area contributed by atoms with Crippen molar-refractivity contribution in [2.24, 2.45) is 0 Å². The molecule has 6 nitrogen and oxygen atoms in total. The molecule has 1 aromatic carbocycles. The van der Waals surface area contributed by atoms with Crippen molar-refractivity contribution < 1.29 is 14.2 Å². The van der Waals surface area contributed by atoms with Gasteiger partial charge in [-0.3, -0.25) is 0 Å². The lowest BCUT2D eigenvalue weighted by Gasteiger charge is -2.22. The Labute approximate surface area is 128 Å². The number of aromatic nitrogens is 2. The van der Waals surface area contributed by atoms with Gasteiger partial charge in [-0.2, -0.15) is 10.4 Å². The first-order valence-corrected chi connectivity index (χ1v) is 7.22. The lowest BCUT2D eigenvalue weighted by molar-refractivity contribution is -0.0395. The van der Waals surface area contributed by atoms with Crippen molar-refractivity contribution in [1.82, 2.24) is 9.78 Å². The topological polar surface area (TPSA) is 69.3 Å². The molecule has 1 aromatic heterocycles. The van der Waals surface area contributed by atoms with Crippen LogP contribution in [0.2, 0.25) is 0 Å². The zero-order valence-electron chi connectivity index (χ0n) is 12.4. The van der Waals surface area contributed by atoms with Gasteiger partial charge in [-0.1, -0.05) is 0 Å². The molecule has 2 heterocycles. The number of methoxy groups -OCH3 is 1. The molecule has 2 aromatic rings. The first-order chi connectivity index (χ1) is 10.8. The first-order valence-electron chi connectivity index (χ1n) is 7.22. The van der Waals surface area contributed by atoms with Crippen molar-refractivity contribution >= 4 is 0 Å². The Morgan fingerprint density at radius 3 is 3.00 bits per heavy atom. The summed E-state index contributed by atoms with van der Waals surface area (Å²) >= 11 is 0. The van der Waals surface area contributed by atoms with Gasteiger partial charge < -0.3 is 14.2 Å². The van der Waals surface area contributed by atoms with Gasteiger partial charge in [-0.25, -0.2) is 4.68 Å². The van der Waals surface area contributed by atoms with Crippen LogP contribution in [0.5, 0.6) is 17.2 Å². The van der Waals surface area contributed by atoms with Gasteiger partial charge in [0, 0.05) is 12.7 Å². The van der Waals surface area contributed by atoms with E-state index in [2.05, 4.69) is 11.2 Å². The van der Waals surface area contributed by atoms with E-state index >= 15 is 0 Å². The number of hydrogen-bond acceptors (Lipinski definition) is 5. The standard InChI is InChI=1S/C16H17N3O3/c1-20-13-5-6-15(12(8-13)9-17)22-14-10-18-19(11-14)16-4-2-3-7-21-16/h5-6,8,10-11,16H,2-4,7H2,1H3. The number of rotatable bonds is 4. The quantitative estimate of drug-likeness (QED) is 0.866. The van der Waals surface area contributed by atoms with E-state index < -0.39 is 0 Å². The summed E-state index contributed by atoms with van der Waals surface area (Å²) in [7, 11) is 1.56. The highest BCUT2D eigenvalue weighted by atomic mass is 16.5. The molecule has 0 spiro atoms. The number of nitrogens with zero attached hydrogens (tertiary/aromatic N) is 3. The van der Waals surface area contributed by atoms with Crippen molar-refractivity contribution in [3.8, 4) is 23.3 Å². The maximum atomic E-state index is 9.20. The third-order valence-electron chi connectivity index (χ3n) is 3.56. The highest BCUT2D eigenvalue weighted by Crippen LogP contribution is 2.29. The minimum atomic E-state index is -0.0302. The molecule has 1 aliphatic rings. The number of nitriles is 1. The lowest BCUT2D eigenvalue weighted by Crippen LogP contribution is -2.18. The number of hydrogen-bond donors (Lipinski definition) is 0. The second-order valence-electron chi connectivity index (χ2n) is 5.05. The molecule has 0 N–H and O–H groups in total. The molecule has 1 atom stereocenters. The van der Waals surface area contributed by atoms with Gasteiger partial charge in [0.25, 0.3) is 0 Å². The summed E-state index contributed by atoms with van der Waals surface area (Å²) in [6, 6.07) is 7.22. The van der Waals surface area contributed by atoms with Crippen LogP contribution in [0.1, 0.15) is 31.1 Å². The van der Waals surface area contributed by atoms with Crippen LogP contribution in [0.25, 0.3) is 0 Å². The zero-order chi connectivity index (χ0) is 15.4. The molecule has 1 fully saturated rings. The Bertz CT molecular complexity index is 684. The third-order valence-corrected chi connectivity index (χ3v) is 3.56. The average molecular weight is 299 g/mol. The highest BCUT2D eigenvalue weighted by molar-refractivity contribution is 5.49. The van der Waals surface area contributed by atoms with Gasteiger partial charge in [0.1, 0.15) is 23.8 Å². The molecule has 0 aliphatic carbocycles. The van der Waals surface area contributed by atoms with Crippen LogP contribution >= 0.6 is 0 Å². The van der Waals surface area contributed by atoms with E-state index in [4.69, 9.17) is 14.2 Å². The van der Waals surface area contributed by atoms with Gasteiger partial charge in [-0.05, 0) is 31.4 Å². The molecule has 1 aliphatic heterocycles. The Morgan fingerprint density at radius 2 is 2.27 bits per heavy atom. The van der Waals surface area contributed by atoms with E-state index in [0.29, 0.717) is 22.8 Å². The van der Waals surface area contributed by atoms with Crippen LogP contribution in [0.4, 0.5) is 0 Å². The molecule has 0 saturated carbocycles. The molecule has 0 amide bonds. The molecule has 114 valence electrons. The Kier molecular flexibility index (Phi) is 4.26. The van der Waals surface area contributed by atoms with Crippen molar-refractivity contribution in [3.63, 3.8) is 0 Å². The molecule has 1 unspecified atom stereocenters. The van der Waals surface area contributed by atoms with Gasteiger partial charge in [-0.15, -0.1) is 0 Å². The van der Waals surface area contributed by atoms with Crippen LogP contribution in [0, 0.1) is 11.3 Å². The van der Waals surface area contributed by atoms with Gasteiger partial charge in [0.15, 0.2) is 5.75 Å². The molecular formula is C16H17N3O3. The summed E-state index contributed by atoms with van der Waals surface area (Å²) in [5, 5.41) is 13.5. The molecule has 0 bridgehead atoms. The van der Waals surface area contributed by atoms with E-state index in [1.807, 2.05) is 0 Å². The second kappa shape index (κ2) is 6.50. The van der Waals surface area contributed by atoms with E-state index in [1.165, 1.54) is 0 Å². The molecule has 0 radical (unpaired) electrons. The molecule has 3 rings (SSSR count). The fourth-order valence-electron chi connectivity index (χ4n) is 2.40. The highest BCUT2D eigenvalue weighted by Gasteiger charge is 2.17. The van der Waals surface area contributed by atoms with Crippen LogP contribution < -0.4 is 9.47 Å². The van der Waals surface area contributed by atoms with Crippen LogP contribution in [0.15, 0.2) is 30.6 Å².